The number of hydrogen-bond donors (Lipinski definition) is 0. The highest BCUT2D eigenvalue weighted by molar-refractivity contribution is 7.99. The number of pyridine rings is 1. The summed E-state index contributed by atoms with van der Waals surface area (Å²) in [5.74, 6) is 1.71. The molecule has 0 N–H and O–H groups in total. The zero-order valence-corrected chi connectivity index (χ0v) is 14.7. The highest BCUT2D eigenvalue weighted by Gasteiger charge is 2.19. The predicted molar refractivity (Wildman–Crippen MR) is 98.9 cm³/mol. The van der Waals surface area contributed by atoms with Crippen LogP contribution in [0.4, 0.5) is 0 Å². The summed E-state index contributed by atoms with van der Waals surface area (Å²) in [7, 11) is 0. The molecule has 0 bridgehead atoms. The van der Waals surface area contributed by atoms with E-state index in [1.165, 1.54) is 12.8 Å². The Kier molecular flexibility index (Phi) is 5.09. The summed E-state index contributed by atoms with van der Waals surface area (Å²) in [4.78, 5) is 4.22. The molecule has 4 rings (SSSR count). The van der Waals surface area contributed by atoms with Gasteiger partial charge in [-0.1, -0.05) is 30.0 Å². The SMILES string of the molecule is c1ccc(-n2c(SC[C@H]3CCCCO3)nnc2-c2cccnc2)cc1. The average molecular weight is 352 g/mol. The Balaban J connectivity index is 1.65. The Morgan fingerprint density at radius 2 is 2.00 bits per heavy atom. The smallest absolute Gasteiger partial charge is 0.196 e. The van der Waals surface area contributed by atoms with Crippen LogP contribution in [-0.2, 0) is 4.74 Å². The second-order valence-corrected chi connectivity index (χ2v) is 7.01. The number of rotatable bonds is 5. The van der Waals surface area contributed by atoms with Gasteiger partial charge in [-0.25, -0.2) is 0 Å². The summed E-state index contributed by atoms with van der Waals surface area (Å²) in [6, 6.07) is 14.1. The molecule has 0 unspecified atom stereocenters. The van der Waals surface area contributed by atoms with E-state index < -0.39 is 0 Å². The van der Waals surface area contributed by atoms with Crippen LogP contribution in [0.15, 0.2) is 60.0 Å². The molecule has 3 aromatic rings. The first-order valence-electron chi connectivity index (χ1n) is 8.57. The van der Waals surface area contributed by atoms with Gasteiger partial charge in [-0.3, -0.25) is 9.55 Å². The second-order valence-electron chi connectivity index (χ2n) is 6.02. The number of thioether (sulfide) groups is 1. The molecule has 25 heavy (non-hydrogen) atoms. The lowest BCUT2D eigenvalue weighted by Crippen LogP contribution is -2.21. The number of para-hydroxylation sites is 1. The van der Waals surface area contributed by atoms with Gasteiger partial charge < -0.3 is 4.74 Å². The van der Waals surface area contributed by atoms with E-state index in [0.29, 0.717) is 6.10 Å². The normalized spacial score (nSPS) is 17.5. The van der Waals surface area contributed by atoms with Crippen molar-refractivity contribution in [2.75, 3.05) is 12.4 Å². The number of benzene rings is 1. The summed E-state index contributed by atoms with van der Waals surface area (Å²) in [6.45, 7) is 0.873. The Hall–Kier alpha value is -2.18. The van der Waals surface area contributed by atoms with E-state index in [9.17, 15) is 0 Å². The van der Waals surface area contributed by atoms with Crippen LogP contribution in [0.25, 0.3) is 17.1 Å². The van der Waals surface area contributed by atoms with E-state index in [1.807, 2.05) is 36.5 Å². The minimum Gasteiger partial charge on any atom is -0.377 e. The Bertz CT molecular complexity index is 801. The quantitative estimate of drug-likeness (QED) is 0.650. The first-order valence-corrected chi connectivity index (χ1v) is 9.56. The van der Waals surface area contributed by atoms with Crippen molar-refractivity contribution in [2.24, 2.45) is 0 Å². The first-order chi connectivity index (χ1) is 12.4. The molecule has 1 aliphatic rings. The fraction of sp³-hybridized carbons (Fsp3) is 0.316. The monoisotopic (exact) mass is 352 g/mol. The van der Waals surface area contributed by atoms with Crippen molar-refractivity contribution in [1.82, 2.24) is 19.7 Å². The van der Waals surface area contributed by atoms with Gasteiger partial charge in [0.15, 0.2) is 11.0 Å². The molecule has 0 spiro atoms. The van der Waals surface area contributed by atoms with E-state index in [2.05, 4.69) is 31.9 Å². The third-order valence-electron chi connectivity index (χ3n) is 4.24. The maximum absolute atomic E-state index is 5.85. The lowest BCUT2D eigenvalue weighted by atomic mass is 10.1. The van der Waals surface area contributed by atoms with Crippen molar-refractivity contribution in [2.45, 2.75) is 30.5 Å². The summed E-state index contributed by atoms with van der Waals surface area (Å²) < 4.78 is 7.95. The van der Waals surface area contributed by atoms with Gasteiger partial charge in [0.05, 0.1) is 6.10 Å². The number of hydrogen-bond acceptors (Lipinski definition) is 5. The minimum absolute atomic E-state index is 0.307. The van der Waals surface area contributed by atoms with Crippen molar-refractivity contribution >= 4 is 11.8 Å². The van der Waals surface area contributed by atoms with Crippen LogP contribution < -0.4 is 0 Å². The van der Waals surface area contributed by atoms with Crippen LogP contribution in [0.5, 0.6) is 0 Å². The molecular weight excluding hydrogens is 332 g/mol. The van der Waals surface area contributed by atoms with Gasteiger partial charge >= 0.3 is 0 Å². The van der Waals surface area contributed by atoms with E-state index in [-0.39, 0.29) is 0 Å². The summed E-state index contributed by atoms with van der Waals surface area (Å²) in [5, 5.41) is 9.77. The molecule has 1 aliphatic heterocycles. The van der Waals surface area contributed by atoms with Crippen LogP contribution in [0.2, 0.25) is 0 Å². The van der Waals surface area contributed by atoms with E-state index in [0.717, 1.165) is 41.0 Å². The summed E-state index contributed by atoms with van der Waals surface area (Å²) >= 11 is 1.71. The molecule has 1 fully saturated rings. The predicted octanol–water partition coefficient (Wildman–Crippen LogP) is 3.99. The topological polar surface area (TPSA) is 52.8 Å². The number of nitrogens with zero attached hydrogens (tertiary/aromatic N) is 4. The first kappa shape index (κ1) is 16.3. The highest BCUT2D eigenvalue weighted by atomic mass is 32.2. The van der Waals surface area contributed by atoms with Gasteiger partial charge in [-0.15, -0.1) is 10.2 Å². The van der Waals surface area contributed by atoms with Crippen molar-refractivity contribution in [3.63, 3.8) is 0 Å². The fourth-order valence-electron chi connectivity index (χ4n) is 2.96. The highest BCUT2D eigenvalue weighted by Crippen LogP contribution is 2.29. The maximum atomic E-state index is 5.85. The number of aromatic nitrogens is 4. The Morgan fingerprint density at radius 1 is 1.08 bits per heavy atom. The van der Waals surface area contributed by atoms with Gasteiger partial charge in [0, 0.05) is 36.0 Å². The Morgan fingerprint density at radius 3 is 2.76 bits per heavy atom. The molecular formula is C19H20N4OS. The van der Waals surface area contributed by atoms with Crippen LogP contribution in [0.1, 0.15) is 19.3 Å². The van der Waals surface area contributed by atoms with Crippen molar-refractivity contribution in [3.8, 4) is 17.1 Å². The number of ether oxygens (including phenoxy) is 1. The van der Waals surface area contributed by atoms with Gasteiger partial charge in [0.2, 0.25) is 0 Å². The van der Waals surface area contributed by atoms with Crippen molar-refractivity contribution in [3.05, 3.63) is 54.9 Å². The Labute approximate surface area is 151 Å². The lowest BCUT2D eigenvalue weighted by Gasteiger charge is -2.22. The molecule has 0 radical (unpaired) electrons. The van der Waals surface area contributed by atoms with E-state index >= 15 is 0 Å². The molecule has 128 valence electrons. The zero-order chi connectivity index (χ0) is 16.9. The molecule has 1 atom stereocenters. The third-order valence-corrected chi connectivity index (χ3v) is 5.30. The molecule has 2 aromatic heterocycles. The van der Waals surface area contributed by atoms with E-state index in [1.54, 1.807) is 18.0 Å². The van der Waals surface area contributed by atoms with Crippen LogP contribution in [0, 0.1) is 0 Å². The van der Waals surface area contributed by atoms with Gasteiger partial charge in [-0.2, -0.15) is 0 Å². The van der Waals surface area contributed by atoms with Crippen molar-refractivity contribution in [1.29, 1.82) is 0 Å². The van der Waals surface area contributed by atoms with Gasteiger partial charge in [0.25, 0.3) is 0 Å². The molecule has 3 heterocycles. The molecule has 5 nitrogen and oxygen atoms in total. The van der Waals surface area contributed by atoms with Crippen LogP contribution >= 0.6 is 11.8 Å². The molecule has 1 saturated heterocycles. The van der Waals surface area contributed by atoms with Crippen LogP contribution in [-0.4, -0.2) is 38.2 Å². The lowest BCUT2D eigenvalue weighted by molar-refractivity contribution is 0.0315. The minimum atomic E-state index is 0.307. The van der Waals surface area contributed by atoms with Gasteiger partial charge in [0.1, 0.15) is 0 Å². The maximum Gasteiger partial charge on any atom is 0.196 e. The average Bonchev–Trinajstić information content (AvgIpc) is 3.12. The van der Waals surface area contributed by atoms with Crippen molar-refractivity contribution < 1.29 is 4.74 Å². The molecule has 0 amide bonds. The molecule has 1 aromatic carbocycles. The molecule has 0 saturated carbocycles. The fourth-order valence-corrected chi connectivity index (χ4v) is 3.98. The van der Waals surface area contributed by atoms with E-state index in [4.69, 9.17) is 4.74 Å². The summed E-state index contributed by atoms with van der Waals surface area (Å²) in [5.41, 5.74) is 2.01. The second kappa shape index (κ2) is 7.80. The third kappa shape index (κ3) is 3.75. The summed E-state index contributed by atoms with van der Waals surface area (Å²) in [6.07, 6.45) is 7.44. The van der Waals surface area contributed by atoms with Gasteiger partial charge in [-0.05, 0) is 43.5 Å². The standard InChI is InChI=1S/C19H20N4OS/c1-2-8-16(9-3-1)23-18(15-7-6-11-20-13-15)21-22-19(23)25-14-17-10-4-5-12-24-17/h1-3,6-9,11,13,17H,4-5,10,12,14H2/t17-/m1/s1. The largest absolute Gasteiger partial charge is 0.377 e. The van der Waals surface area contributed by atoms with Crippen LogP contribution in [0.3, 0.4) is 0 Å². The molecule has 0 aliphatic carbocycles. The zero-order valence-electron chi connectivity index (χ0n) is 13.9. The molecule has 6 heteroatoms.